The van der Waals surface area contributed by atoms with Gasteiger partial charge in [-0.3, -0.25) is 9.59 Å². The summed E-state index contributed by atoms with van der Waals surface area (Å²) in [6, 6.07) is 24.6. The van der Waals surface area contributed by atoms with Gasteiger partial charge in [0.1, 0.15) is 5.52 Å². The Labute approximate surface area is 386 Å². The number of para-hydroxylation sites is 1. The lowest BCUT2D eigenvalue weighted by atomic mass is 9.78. The van der Waals surface area contributed by atoms with Crippen molar-refractivity contribution in [3.63, 3.8) is 0 Å². The number of fused-ring (bicyclic) bond motifs is 2. The number of nitrogens with zero attached hydrogens (tertiary/aromatic N) is 11. The zero-order chi connectivity index (χ0) is 45.5. The fourth-order valence-electron chi connectivity index (χ4n) is 9.67. The minimum Gasteiger partial charge on any atom is -0.424 e. The molecule has 0 spiro atoms. The van der Waals surface area contributed by atoms with Crippen molar-refractivity contribution in [3.05, 3.63) is 137 Å². The van der Waals surface area contributed by atoms with Crippen molar-refractivity contribution in [3.8, 4) is 11.4 Å². The van der Waals surface area contributed by atoms with Gasteiger partial charge in [0.2, 0.25) is 5.95 Å². The number of nitrogens with one attached hydrogen (secondary N) is 2. The van der Waals surface area contributed by atoms with Gasteiger partial charge < -0.3 is 24.9 Å². The van der Waals surface area contributed by atoms with Crippen molar-refractivity contribution in [2.75, 3.05) is 36.8 Å². The Hall–Kier alpha value is -7.20. The average Bonchev–Trinajstić information content (AvgIpc) is 4.13. The van der Waals surface area contributed by atoms with Crippen LogP contribution in [0.5, 0.6) is 0 Å². The molecule has 0 aliphatic carbocycles. The fraction of sp³-hybridized carbons (Fsp3) is 0.327. The molecule has 66 heavy (non-hydrogen) atoms. The van der Waals surface area contributed by atoms with Crippen molar-refractivity contribution in [1.29, 1.82) is 0 Å². The summed E-state index contributed by atoms with van der Waals surface area (Å²) >= 11 is 6.19. The number of hydrogen-bond acceptors (Lipinski definition) is 12. The zero-order valence-electron chi connectivity index (χ0n) is 37.2. The molecule has 17 heteroatoms. The number of hydrogen-bond donors (Lipinski definition) is 2. The normalized spacial score (nSPS) is 19.9. The monoisotopic (exact) mass is 903 g/mol. The van der Waals surface area contributed by atoms with Crippen molar-refractivity contribution in [2.24, 2.45) is 11.8 Å². The van der Waals surface area contributed by atoms with Gasteiger partial charge in [-0.15, -0.1) is 0 Å². The average molecular weight is 904 g/mol. The number of rotatable bonds is 11. The topological polar surface area (TPSA) is 178 Å². The van der Waals surface area contributed by atoms with Crippen molar-refractivity contribution in [2.45, 2.75) is 65.0 Å². The van der Waals surface area contributed by atoms with E-state index in [1.807, 2.05) is 84.4 Å². The molecule has 4 aromatic carbocycles. The first kappa shape index (κ1) is 42.7. The van der Waals surface area contributed by atoms with Crippen LogP contribution in [0.25, 0.3) is 33.4 Å². The highest BCUT2D eigenvalue weighted by Gasteiger charge is 2.41. The lowest BCUT2D eigenvalue weighted by Gasteiger charge is -2.44. The predicted octanol–water partition coefficient (Wildman–Crippen LogP) is 8.30. The number of carbonyl (C=O) groups is 2. The second kappa shape index (κ2) is 18.0. The van der Waals surface area contributed by atoms with Crippen LogP contribution in [0.15, 0.2) is 108 Å². The van der Waals surface area contributed by atoms with E-state index in [-0.39, 0.29) is 41.7 Å². The number of piperidine rings is 2. The van der Waals surface area contributed by atoms with Gasteiger partial charge in [0, 0.05) is 48.7 Å². The van der Waals surface area contributed by atoms with Gasteiger partial charge in [-0.1, -0.05) is 60.8 Å². The molecule has 8 aromatic rings. The number of likely N-dealkylation sites (tertiary alicyclic amines) is 2. The predicted molar refractivity (Wildman–Crippen MR) is 252 cm³/mol. The molecule has 6 heterocycles. The largest absolute Gasteiger partial charge is 0.424 e. The summed E-state index contributed by atoms with van der Waals surface area (Å²) in [7, 11) is 0. The first-order valence-corrected chi connectivity index (χ1v) is 22.8. The Bertz CT molecular complexity index is 3060. The number of anilines is 2. The second-order valence-corrected chi connectivity index (χ2v) is 18.0. The quantitative estimate of drug-likeness (QED) is 0.127. The molecule has 336 valence electrons. The fourth-order valence-corrected chi connectivity index (χ4v) is 9.84. The van der Waals surface area contributed by atoms with Crippen LogP contribution in [-0.4, -0.2) is 105 Å². The van der Waals surface area contributed by atoms with Crippen LogP contribution < -0.4 is 10.6 Å². The van der Waals surface area contributed by atoms with Gasteiger partial charge in [-0.05, 0) is 99.5 Å². The van der Waals surface area contributed by atoms with E-state index < -0.39 is 0 Å². The van der Waals surface area contributed by atoms with Gasteiger partial charge >= 0.3 is 0 Å². The van der Waals surface area contributed by atoms with Gasteiger partial charge in [0.05, 0.1) is 64.4 Å². The maximum Gasteiger partial charge on any atom is 0.295 e. The molecule has 0 saturated carbocycles. The summed E-state index contributed by atoms with van der Waals surface area (Å²) in [6.45, 7) is 10.3. The lowest BCUT2D eigenvalue weighted by molar-refractivity contribution is 0.0492. The molecule has 0 radical (unpaired) electrons. The Kier molecular flexibility index (Phi) is 11.7. The third-order valence-corrected chi connectivity index (χ3v) is 13.5. The molecule has 10 rings (SSSR count). The molecule has 16 nitrogen and oxygen atoms in total. The number of aromatic nitrogens is 9. The molecule has 4 aromatic heterocycles. The summed E-state index contributed by atoms with van der Waals surface area (Å²) < 4.78 is 5.95. The molecule has 2 amide bonds. The van der Waals surface area contributed by atoms with Gasteiger partial charge in [0.25, 0.3) is 17.8 Å². The van der Waals surface area contributed by atoms with Gasteiger partial charge in [-0.25, -0.2) is 9.97 Å². The van der Waals surface area contributed by atoms with E-state index in [1.54, 1.807) is 41.6 Å². The lowest BCUT2D eigenvalue weighted by Crippen LogP contribution is -2.53. The summed E-state index contributed by atoms with van der Waals surface area (Å²) in [6.07, 6.45) is 9.35. The summed E-state index contributed by atoms with van der Waals surface area (Å²) in [5.41, 5.74) is 7.24. The van der Waals surface area contributed by atoms with Crippen molar-refractivity contribution < 1.29 is 14.0 Å². The van der Waals surface area contributed by atoms with Crippen LogP contribution in [0, 0.1) is 25.7 Å². The van der Waals surface area contributed by atoms with Crippen LogP contribution in [0.2, 0.25) is 5.02 Å². The number of benzene rings is 4. The Morgan fingerprint density at radius 2 is 1.50 bits per heavy atom. The van der Waals surface area contributed by atoms with E-state index in [2.05, 4.69) is 50.7 Å². The molecule has 2 aliphatic rings. The Morgan fingerprint density at radius 1 is 0.742 bits per heavy atom. The third kappa shape index (κ3) is 8.43. The van der Waals surface area contributed by atoms with Gasteiger partial charge in [-0.2, -0.15) is 35.0 Å². The first-order valence-electron chi connectivity index (χ1n) is 22.5. The van der Waals surface area contributed by atoms with E-state index in [0.717, 1.165) is 40.6 Å². The van der Waals surface area contributed by atoms with Crippen LogP contribution in [0.1, 0.15) is 76.6 Å². The molecular formula is C49H50ClN13O3. The minimum absolute atomic E-state index is 0.0657. The summed E-state index contributed by atoms with van der Waals surface area (Å²) in [5.74, 6) is 0.351. The highest BCUT2D eigenvalue weighted by molar-refractivity contribution is 6.31. The van der Waals surface area contributed by atoms with Crippen LogP contribution in [-0.2, 0) is 0 Å². The second-order valence-electron chi connectivity index (χ2n) is 17.6. The van der Waals surface area contributed by atoms with Crippen LogP contribution in [0.4, 0.5) is 12.0 Å². The third-order valence-electron chi connectivity index (χ3n) is 13.2. The van der Waals surface area contributed by atoms with Crippen LogP contribution >= 0.6 is 11.6 Å². The van der Waals surface area contributed by atoms with Crippen molar-refractivity contribution >= 4 is 57.4 Å². The first-order chi connectivity index (χ1) is 32.1. The number of amides is 2. The molecule has 0 bridgehead atoms. The molecule has 2 N–H and O–H groups in total. The van der Waals surface area contributed by atoms with Crippen molar-refractivity contribution in [1.82, 2.24) is 54.7 Å². The van der Waals surface area contributed by atoms with E-state index >= 15 is 0 Å². The molecule has 2 saturated heterocycles. The molecule has 2 fully saturated rings. The molecule has 5 unspecified atom stereocenters. The molecule has 2 aliphatic heterocycles. The Balaban J connectivity index is 0.913. The highest BCUT2D eigenvalue weighted by Crippen LogP contribution is 2.38. The van der Waals surface area contributed by atoms with E-state index in [9.17, 15) is 9.59 Å². The molecular weight excluding hydrogens is 854 g/mol. The van der Waals surface area contributed by atoms with Gasteiger partial charge in [0.15, 0.2) is 5.58 Å². The van der Waals surface area contributed by atoms with Crippen LogP contribution in [0.3, 0.4) is 0 Å². The summed E-state index contributed by atoms with van der Waals surface area (Å²) in [5, 5.41) is 27.0. The number of halogens is 1. The maximum absolute atomic E-state index is 14.8. The minimum atomic E-state index is -0.300. The number of oxazole rings is 1. The number of aryl methyl sites for hydroxylation is 2. The zero-order valence-corrected chi connectivity index (χ0v) is 37.9. The SMILES string of the molecule is Cc1ccc(-n2nccn2)c(C(=O)N2CCC(c3cnn(-c4ccccc4C(=O)N4CCCC(C)C4CNc4nc5cc(Cl)ccc5o4)n3)C(C)C2CNc2ncc3cc(C)ccc3n2)c1. The number of carbonyl (C=O) groups excluding carboxylic acids is 2. The Morgan fingerprint density at radius 3 is 2.36 bits per heavy atom. The summed E-state index contributed by atoms with van der Waals surface area (Å²) in [4.78, 5) is 50.5. The molecule has 5 atom stereocenters. The van der Waals surface area contributed by atoms with E-state index in [0.29, 0.717) is 83.2 Å². The van der Waals surface area contributed by atoms with E-state index in [1.165, 1.54) is 4.80 Å². The van der Waals surface area contributed by atoms with E-state index in [4.69, 9.17) is 31.2 Å². The maximum atomic E-state index is 14.8. The standard InChI is InChI=1S/C49H50ClN13O3/c1-29-11-14-38-33(22-29)25-51-48(57-38)52-28-44-32(4)35(17-21-61(44)47(65)37-23-30(2)12-15-42(37)62-54-18-19-55-62)40-26-56-63(59-40)41-10-6-5-9-36(41)46(64)60-20-7-8-31(3)43(60)27-53-49-58-39-24-34(50)13-16-45(39)66-49/h5-6,9-16,18-19,22-26,31-32,35,43-44H,7-8,17,20-21,27-28H2,1-4H3,(H,53,58)(H,51,52,57). The highest BCUT2D eigenvalue weighted by atomic mass is 35.5. The smallest absolute Gasteiger partial charge is 0.295 e.